The molecule has 1 aromatic carbocycles. The number of ether oxygens (including phenoxy) is 1. The number of carbonyl (C=O) groups is 1. The normalized spacial score (nSPS) is 9.32. The van der Waals surface area contributed by atoms with Gasteiger partial charge in [0, 0.05) is 16.1 Å². The van der Waals surface area contributed by atoms with E-state index in [0.29, 0.717) is 23.7 Å². The smallest absolute Gasteiger partial charge is 0.356 e. The number of H-pyrrole nitrogens is 1. The number of hydrazine groups is 1. The molecule has 1 aromatic heterocycles. The van der Waals surface area contributed by atoms with Crippen molar-refractivity contribution >= 4 is 17.6 Å². The molecule has 7 nitrogen and oxygen atoms in total. The third kappa shape index (κ3) is 4.54. The summed E-state index contributed by atoms with van der Waals surface area (Å²) in [6.45, 7) is 4.10. The maximum Gasteiger partial charge on any atom is 0.356 e. The number of rotatable bonds is 4. The molecule has 22 heavy (non-hydrogen) atoms. The Morgan fingerprint density at radius 3 is 2.36 bits per heavy atom. The Bertz CT molecular complexity index is 584. The fourth-order valence-electron chi connectivity index (χ4n) is 1.93. The summed E-state index contributed by atoms with van der Waals surface area (Å²) >= 11 is 5.87. The van der Waals surface area contributed by atoms with Crippen LogP contribution in [0, 0.1) is 0 Å². The average Bonchev–Trinajstić information content (AvgIpc) is 2.94. The van der Waals surface area contributed by atoms with E-state index >= 15 is 0 Å². The maximum atomic E-state index is 11.8. The van der Waals surface area contributed by atoms with Crippen LogP contribution in [0.1, 0.15) is 29.9 Å². The van der Waals surface area contributed by atoms with Crippen LogP contribution < -0.4 is 11.7 Å². The van der Waals surface area contributed by atoms with E-state index in [1.54, 1.807) is 19.1 Å². The van der Waals surface area contributed by atoms with Gasteiger partial charge in [0.25, 0.3) is 0 Å². The first kappa shape index (κ1) is 20.1. The molecule has 0 radical (unpaired) electrons. The van der Waals surface area contributed by atoms with Crippen LogP contribution in [0.3, 0.4) is 0 Å². The van der Waals surface area contributed by atoms with Crippen molar-refractivity contribution in [2.45, 2.75) is 20.3 Å². The van der Waals surface area contributed by atoms with Crippen LogP contribution in [0.25, 0.3) is 11.3 Å². The van der Waals surface area contributed by atoms with Crippen LogP contribution in [-0.4, -0.2) is 28.2 Å². The summed E-state index contributed by atoms with van der Waals surface area (Å²) in [5.74, 6) is 7.63. The number of aromatic nitrogens is 2. The lowest BCUT2D eigenvalue weighted by atomic mass is 10.0. The molecular weight excluding hydrogens is 308 g/mol. The van der Waals surface area contributed by atoms with E-state index in [-0.39, 0.29) is 11.4 Å². The van der Waals surface area contributed by atoms with Crippen LogP contribution in [0.4, 0.5) is 0 Å². The lowest BCUT2D eigenvalue weighted by molar-refractivity contribution is 0.0518. The van der Waals surface area contributed by atoms with Gasteiger partial charge >= 0.3 is 5.97 Å². The van der Waals surface area contributed by atoms with Gasteiger partial charge in [-0.15, -0.1) is 0 Å². The monoisotopic (exact) mass is 328 g/mol. The van der Waals surface area contributed by atoms with E-state index in [9.17, 15) is 4.79 Å². The number of carbonyl (C=O) groups excluding carboxylic acids is 1. The van der Waals surface area contributed by atoms with Gasteiger partial charge in [0.1, 0.15) is 5.69 Å². The van der Waals surface area contributed by atoms with Crippen LogP contribution in [0.2, 0.25) is 5.02 Å². The molecule has 0 saturated heterocycles. The Labute approximate surface area is 133 Å². The number of nitrogens with zero attached hydrogens (tertiary/aromatic N) is 1. The molecule has 2 aromatic rings. The molecule has 0 aliphatic rings. The highest BCUT2D eigenvalue weighted by Crippen LogP contribution is 2.26. The number of benzene rings is 1. The molecule has 7 N–H and O–H groups in total. The fourth-order valence-corrected chi connectivity index (χ4v) is 2.05. The van der Waals surface area contributed by atoms with Crippen molar-refractivity contribution in [3.8, 4) is 11.3 Å². The van der Waals surface area contributed by atoms with Crippen molar-refractivity contribution in [1.29, 1.82) is 0 Å². The topological polar surface area (TPSA) is 139 Å². The SMILES string of the molecule is CCOC(=O)c1[nH]nc(-c2ccc(Cl)cc2)c1CC.NN.O. The summed E-state index contributed by atoms with van der Waals surface area (Å²) < 4.78 is 5.01. The predicted molar refractivity (Wildman–Crippen MR) is 86.4 cm³/mol. The van der Waals surface area contributed by atoms with Gasteiger partial charge in [-0.05, 0) is 25.5 Å². The number of aromatic amines is 1. The number of nitrogens with one attached hydrogen (secondary N) is 1. The molecule has 0 atom stereocenters. The molecule has 0 unspecified atom stereocenters. The maximum absolute atomic E-state index is 11.8. The molecular formula is C14H21ClN4O3. The number of hydrogen-bond donors (Lipinski definition) is 3. The molecule has 1 heterocycles. The number of halogens is 1. The minimum Gasteiger partial charge on any atom is -0.461 e. The molecule has 0 aliphatic heterocycles. The summed E-state index contributed by atoms with van der Waals surface area (Å²) in [5.41, 5.74) is 2.98. The van der Waals surface area contributed by atoms with E-state index in [0.717, 1.165) is 16.8 Å². The molecule has 122 valence electrons. The van der Waals surface area contributed by atoms with Crippen molar-refractivity contribution < 1.29 is 15.0 Å². The first-order chi connectivity index (χ1) is 10.2. The highest BCUT2D eigenvalue weighted by molar-refractivity contribution is 6.30. The number of nitrogens with two attached hydrogens (primary N) is 2. The van der Waals surface area contributed by atoms with Crippen molar-refractivity contribution in [1.82, 2.24) is 10.2 Å². The summed E-state index contributed by atoms with van der Waals surface area (Å²) in [5, 5.41) is 7.66. The molecule has 8 heteroatoms. The van der Waals surface area contributed by atoms with Crippen LogP contribution in [0.15, 0.2) is 24.3 Å². The van der Waals surface area contributed by atoms with Crippen LogP contribution in [0.5, 0.6) is 0 Å². The van der Waals surface area contributed by atoms with Gasteiger partial charge in [-0.1, -0.05) is 30.7 Å². The molecule has 0 aliphatic carbocycles. The molecule has 0 amide bonds. The first-order valence-electron chi connectivity index (χ1n) is 6.51. The van der Waals surface area contributed by atoms with Gasteiger partial charge in [-0.3, -0.25) is 16.8 Å². The minimum atomic E-state index is -0.368. The van der Waals surface area contributed by atoms with Gasteiger partial charge in [0.05, 0.1) is 12.3 Å². The van der Waals surface area contributed by atoms with Gasteiger partial charge in [0.2, 0.25) is 0 Å². The zero-order valence-corrected chi connectivity index (χ0v) is 13.3. The van der Waals surface area contributed by atoms with Crippen LogP contribution in [-0.2, 0) is 11.2 Å². The van der Waals surface area contributed by atoms with E-state index in [2.05, 4.69) is 21.9 Å². The van der Waals surface area contributed by atoms with Gasteiger partial charge in [-0.2, -0.15) is 5.10 Å². The molecule has 0 bridgehead atoms. The summed E-state index contributed by atoms with van der Waals surface area (Å²) in [4.78, 5) is 11.8. The summed E-state index contributed by atoms with van der Waals surface area (Å²) in [7, 11) is 0. The van der Waals surface area contributed by atoms with Crippen molar-refractivity contribution in [2.75, 3.05) is 6.61 Å². The zero-order chi connectivity index (χ0) is 15.8. The van der Waals surface area contributed by atoms with Crippen LogP contribution >= 0.6 is 11.6 Å². The Morgan fingerprint density at radius 2 is 1.86 bits per heavy atom. The highest BCUT2D eigenvalue weighted by Gasteiger charge is 2.19. The second-order valence-corrected chi connectivity index (χ2v) is 4.44. The standard InChI is InChI=1S/C14H15ClN2O2.H4N2.H2O/c1-3-11-12(9-5-7-10(15)8-6-9)16-17-13(11)14(18)19-4-2;1-2;/h5-8H,3-4H2,1-2H3,(H,16,17);1-2H2;1H2. The van der Waals surface area contributed by atoms with E-state index in [1.807, 2.05) is 19.1 Å². The lowest BCUT2D eigenvalue weighted by Crippen LogP contribution is -2.07. The van der Waals surface area contributed by atoms with Crippen molar-refractivity contribution in [3.05, 3.63) is 40.5 Å². The molecule has 0 spiro atoms. The third-order valence-corrected chi connectivity index (χ3v) is 3.07. The molecule has 0 saturated carbocycles. The Hall–Kier alpha value is -1.93. The lowest BCUT2D eigenvalue weighted by Gasteiger charge is -2.03. The Kier molecular flexibility index (Phi) is 9.04. The van der Waals surface area contributed by atoms with E-state index < -0.39 is 0 Å². The van der Waals surface area contributed by atoms with Gasteiger partial charge in [0.15, 0.2) is 0 Å². The number of hydrogen-bond acceptors (Lipinski definition) is 5. The second kappa shape index (κ2) is 9.91. The van der Waals surface area contributed by atoms with E-state index in [4.69, 9.17) is 16.3 Å². The largest absolute Gasteiger partial charge is 0.461 e. The van der Waals surface area contributed by atoms with Gasteiger partial charge in [-0.25, -0.2) is 4.79 Å². The average molecular weight is 329 g/mol. The Balaban J connectivity index is 0.00000141. The van der Waals surface area contributed by atoms with Gasteiger partial charge < -0.3 is 10.2 Å². The molecule has 0 fully saturated rings. The highest BCUT2D eigenvalue weighted by atomic mass is 35.5. The molecule has 2 rings (SSSR count). The summed E-state index contributed by atoms with van der Waals surface area (Å²) in [6, 6.07) is 7.36. The summed E-state index contributed by atoms with van der Waals surface area (Å²) in [6.07, 6.45) is 0.697. The second-order valence-electron chi connectivity index (χ2n) is 4.01. The first-order valence-corrected chi connectivity index (χ1v) is 6.88. The van der Waals surface area contributed by atoms with Crippen molar-refractivity contribution in [2.24, 2.45) is 11.7 Å². The Morgan fingerprint density at radius 1 is 1.27 bits per heavy atom. The van der Waals surface area contributed by atoms with Crippen molar-refractivity contribution in [3.63, 3.8) is 0 Å². The zero-order valence-electron chi connectivity index (χ0n) is 12.5. The number of esters is 1. The predicted octanol–water partition coefficient (Wildman–Crippen LogP) is 1.46. The van der Waals surface area contributed by atoms with E-state index in [1.165, 1.54) is 0 Å². The fraction of sp³-hybridized carbons (Fsp3) is 0.286. The third-order valence-electron chi connectivity index (χ3n) is 2.82. The quantitative estimate of drug-likeness (QED) is 0.443. The minimum absolute atomic E-state index is 0.